The van der Waals surface area contributed by atoms with Crippen molar-refractivity contribution in [2.75, 3.05) is 31.1 Å². The predicted octanol–water partition coefficient (Wildman–Crippen LogP) is 4.16. The molecule has 0 aromatic heterocycles. The van der Waals surface area contributed by atoms with Crippen molar-refractivity contribution in [2.24, 2.45) is 4.99 Å². The van der Waals surface area contributed by atoms with Crippen molar-refractivity contribution >= 4 is 50.4 Å². The van der Waals surface area contributed by atoms with E-state index in [4.69, 9.17) is 4.18 Å². The normalized spacial score (nSPS) is 17.0. The van der Waals surface area contributed by atoms with Crippen LogP contribution in [0.4, 0.5) is 11.4 Å². The number of benzene rings is 3. The predicted molar refractivity (Wildman–Crippen MR) is 146 cm³/mol. The van der Waals surface area contributed by atoms with Crippen LogP contribution in [0.1, 0.15) is 5.56 Å². The molecule has 2 heterocycles. The number of aliphatic imine (C=N–C) groups is 1. The number of non-ortho nitro benzene ring substituents is 1. The van der Waals surface area contributed by atoms with E-state index in [0.29, 0.717) is 41.8 Å². The smallest absolute Gasteiger partial charge is 0.339 e. The van der Waals surface area contributed by atoms with E-state index in [2.05, 4.69) is 9.89 Å². The lowest BCUT2D eigenvalue weighted by molar-refractivity contribution is -0.384. The number of amides is 1. The highest BCUT2D eigenvalue weighted by Crippen LogP contribution is 2.34. The number of hydrogen-bond acceptors (Lipinski definition) is 9. The van der Waals surface area contributed by atoms with Gasteiger partial charge in [-0.1, -0.05) is 36.4 Å². The Morgan fingerprint density at radius 1 is 0.895 bits per heavy atom. The average molecular weight is 551 g/mol. The molecule has 0 aliphatic carbocycles. The highest BCUT2D eigenvalue weighted by Gasteiger charge is 2.29. The maximum atomic E-state index is 12.7. The van der Waals surface area contributed by atoms with E-state index >= 15 is 0 Å². The quantitative estimate of drug-likeness (QED) is 0.193. The van der Waals surface area contributed by atoms with Crippen molar-refractivity contribution in [1.29, 1.82) is 0 Å². The van der Waals surface area contributed by atoms with Gasteiger partial charge in [0.05, 0.1) is 9.83 Å². The van der Waals surface area contributed by atoms with E-state index in [1.165, 1.54) is 42.1 Å². The van der Waals surface area contributed by atoms with Crippen LogP contribution < -0.4 is 9.08 Å². The zero-order valence-corrected chi connectivity index (χ0v) is 21.6. The molecule has 194 valence electrons. The molecule has 1 saturated heterocycles. The van der Waals surface area contributed by atoms with Gasteiger partial charge in [-0.05, 0) is 48.2 Å². The van der Waals surface area contributed by atoms with Crippen LogP contribution in [-0.4, -0.2) is 55.5 Å². The van der Waals surface area contributed by atoms with Gasteiger partial charge in [0.25, 0.3) is 11.6 Å². The first-order valence-corrected chi connectivity index (χ1v) is 13.9. The van der Waals surface area contributed by atoms with E-state index in [1.54, 1.807) is 54.6 Å². The molecule has 3 aromatic rings. The molecule has 1 fully saturated rings. The van der Waals surface area contributed by atoms with E-state index < -0.39 is 20.9 Å². The van der Waals surface area contributed by atoms with E-state index in [1.807, 2.05) is 4.90 Å². The number of thioether (sulfide) groups is 1. The molecule has 0 unspecified atom stereocenters. The minimum atomic E-state index is -4.04. The number of hydrogen-bond donors (Lipinski definition) is 0. The Morgan fingerprint density at radius 3 is 2.21 bits per heavy atom. The van der Waals surface area contributed by atoms with Gasteiger partial charge < -0.3 is 14.0 Å². The second-order valence-corrected chi connectivity index (χ2v) is 11.0. The number of carbonyl (C=O) groups excluding carboxylic acids is 1. The van der Waals surface area contributed by atoms with Gasteiger partial charge in [-0.3, -0.25) is 14.9 Å². The van der Waals surface area contributed by atoms with Crippen LogP contribution in [0, 0.1) is 10.1 Å². The summed E-state index contributed by atoms with van der Waals surface area (Å²) in [7, 11) is -4.04. The first kappa shape index (κ1) is 25.5. The SMILES string of the molecule is O=C1N=C(N2CCN(c3ccc([N+](=O)[O-])cc3)CC2)SC1=Cc1ccccc1OS(=O)(=O)c1ccccc1. The summed E-state index contributed by atoms with van der Waals surface area (Å²) in [4.78, 5) is 31.9. The molecule has 3 aromatic carbocycles. The lowest BCUT2D eigenvalue weighted by atomic mass is 10.2. The fourth-order valence-electron chi connectivity index (χ4n) is 4.04. The van der Waals surface area contributed by atoms with Crippen LogP contribution in [0.2, 0.25) is 0 Å². The number of carbonyl (C=O) groups is 1. The van der Waals surface area contributed by atoms with Gasteiger partial charge in [-0.2, -0.15) is 13.4 Å². The Balaban J connectivity index is 1.25. The van der Waals surface area contributed by atoms with Crippen LogP contribution in [0.15, 0.2) is 93.7 Å². The Labute approximate surface area is 223 Å². The molecule has 0 saturated carbocycles. The summed E-state index contributed by atoms with van der Waals surface area (Å²) >= 11 is 1.23. The third-order valence-electron chi connectivity index (χ3n) is 6.02. The van der Waals surface area contributed by atoms with Gasteiger partial charge in [0.2, 0.25) is 0 Å². The summed E-state index contributed by atoms with van der Waals surface area (Å²) < 4.78 is 30.8. The van der Waals surface area contributed by atoms with Gasteiger partial charge in [0.1, 0.15) is 10.6 Å². The summed E-state index contributed by atoms with van der Waals surface area (Å²) in [6, 6.07) is 20.9. The van der Waals surface area contributed by atoms with Crippen LogP contribution in [-0.2, 0) is 14.9 Å². The van der Waals surface area contributed by atoms with Gasteiger partial charge in [-0.15, -0.1) is 0 Å². The Kier molecular flexibility index (Phi) is 7.16. The third kappa shape index (κ3) is 5.55. The van der Waals surface area contributed by atoms with Crippen molar-refractivity contribution in [3.8, 4) is 5.75 Å². The molecule has 0 radical (unpaired) electrons. The fourth-order valence-corrected chi connectivity index (χ4v) is 5.98. The van der Waals surface area contributed by atoms with Gasteiger partial charge in [0.15, 0.2) is 5.17 Å². The Bertz CT molecular complexity index is 1530. The highest BCUT2D eigenvalue weighted by molar-refractivity contribution is 8.18. The molecule has 2 aliphatic heterocycles. The van der Waals surface area contributed by atoms with Crippen molar-refractivity contribution in [2.45, 2.75) is 4.90 Å². The lowest BCUT2D eigenvalue weighted by Crippen LogP contribution is -2.47. The topological polar surface area (TPSA) is 122 Å². The number of nitro benzene ring substituents is 1. The van der Waals surface area contributed by atoms with Crippen molar-refractivity contribution in [1.82, 2.24) is 4.90 Å². The Hall–Kier alpha value is -4.16. The zero-order valence-electron chi connectivity index (χ0n) is 20.0. The molecule has 2 aliphatic rings. The molecular formula is C26H22N4O6S2. The van der Waals surface area contributed by atoms with E-state index in [0.717, 1.165) is 5.69 Å². The number of piperazine rings is 1. The molecule has 12 heteroatoms. The van der Waals surface area contributed by atoms with Crippen LogP contribution >= 0.6 is 11.8 Å². The number of nitrogens with zero attached hydrogens (tertiary/aromatic N) is 4. The number of anilines is 1. The first-order chi connectivity index (χ1) is 18.3. The minimum absolute atomic E-state index is 0.0345. The van der Waals surface area contributed by atoms with E-state index in [-0.39, 0.29) is 16.3 Å². The van der Waals surface area contributed by atoms with Crippen molar-refractivity contribution in [3.05, 3.63) is 99.4 Å². The van der Waals surface area contributed by atoms with Crippen molar-refractivity contribution < 1.29 is 22.3 Å². The molecule has 10 nitrogen and oxygen atoms in total. The second kappa shape index (κ2) is 10.7. The van der Waals surface area contributed by atoms with Crippen molar-refractivity contribution in [3.63, 3.8) is 0 Å². The minimum Gasteiger partial charge on any atom is -0.378 e. The molecule has 0 atom stereocenters. The van der Waals surface area contributed by atoms with Gasteiger partial charge in [0, 0.05) is 49.6 Å². The number of nitro groups is 1. The fraction of sp³-hybridized carbons (Fsp3) is 0.154. The number of rotatable bonds is 6. The second-order valence-electron chi connectivity index (χ2n) is 8.45. The Morgan fingerprint density at radius 2 is 1.53 bits per heavy atom. The molecule has 5 rings (SSSR count). The zero-order chi connectivity index (χ0) is 26.7. The molecule has 0 N–H and O–H groups in total. The van der Waals surface area contributed by atoms with E-state index in [9.17, 15) is 23.3 Å². The molecule has 1 amide bonds. The summed E-state index contributed by atoms with van der Waals surface area (Å²) in [5.41, 5.74) is 1.39. The number of amidine groups is 1. The molecule has 38 heavy (non-hydrogen) atoms. The van der Waals surface area contributed by atoms with Crippen LogP contribution in [0.5, 0.6) is 5.75 Å². The van der Waals surface area contributed by atoms with Gasteiger partial charge in [-0.25, -0.2) is 0 Å². The monoisotopic (exact) mass is 550 g/mol. The van der Waals surface area contributed by atoms with Crippen LogP contribution in [0.3, 0.4) is 0 Å². The maximum absolute atomic E-state index is 12.7. The summed E-state index contributed by atoms with van der Waals surface area (Å²) in [5.74, 6) is -0.286. The molecule has 0 bridgehead atoms. The highest BCUT2D eigenvalue weighted by atomic mass is 32.2. The molecule has 0 spiro atoms. The maximum Gasteiger partial charge on any atom is 0.339 e. The lowest BCUT2D eigenvalue weighted by Gasteiger charge is -2.36. The third-order valence-corrected chi connectivity index (χ3v) is 8.31. The number of para-hydroxylation sites is 1. The standard InChI is InChI=1S/C26H22N4O6S2/c31-25-24(18-19-6-4-5-9-23(19)36-38(34,35)22-7-2-1-3-8-22)37-26(27-25)29-16-14-28(15-17-29)20-10-12-21(13-11-20)30(32)33/h1-13,18H,14-17H2. The van der Waals surface area contributed by atoms with Gasteiger partial charge >= 0.3 is 10.1 Å². The summed E-state index contributed by atoms with van der Waals surface area (Å²) in [6.45, 7) is 2.58. The summed E-state index contributed by atoms with van der Waals surface area (Å²) in [6.07, 6.45) is 1.59. The first-order valence-electron chi connectivity index (χ1n) is 11.7. The largest absolute Gasteiger partial charge is 0.378 e. The molecular weight excluding hydrogens is 528 g/mol. The van der Waals surface area contributed by atoms with Crippen LogP contribution in [0.25, 0.3) is 6.08 Å². The average Bonchev–Trinajstić information content (AvgIpc) is 3.30. The summed E-state index contributed by atoms with van der Waals surface area (Å²) in [5, 5.41) is 11.5.